The number of halogens is 1. The molecule has 1 aliphatic carbocycles. The molecule has 0 heterocycles. The van der Waals surface area contributed by atoms with Crippen LogP contribution in [0.25, 0.3) is 0 Å². The van der Waals surface area contributed by atoms with Crippen LogP contribution in [0.1, 0.15) is 24.8 Å². The van der Waals surface area contributed by atoms with Gasteiger partial charge >= 0.3 is 6.09 Å². The number of anilines is 2. The van der Waals surface area contributed by atoms with E-state index in [2.05, 4.69) is 16.7 Å². The zero-order valence-corrected chi connectivity index (χ0v) is 11.2. The smallest absolute Gasteiger partial charge is 0.409 e. The summed E-state index contributed by atoms with van der Waals surface area (Å²) in [6, 6.07) is 5.12. The second-order valence-electron chi connectivity index (χ2n) is 5.29. The predicted molar refractivity (Wildman–Crippen MR) is 73.2 cm³/mol. The molecule has 0 saturated heterocycles. The van der Waals surface area contributed by atoms with Gasteiger partial charge in [0, 0.05) is 18.4 Å². The number of nitrogens with zero attached hydrogens (tertiary/aromatic N) is 1. The van der Waals surface area contributed by atoms with Gasteiger partial charge in [-0.1, -0.05) is 0 Å². The highest BCUT2D eigenvalue weighted by molar-refractivity contribution is 5.88. The molecule has 106 valence electrons. The van der Waals surface area contributed by atoms with E-state index < -0.39 is 11.9 Å². The molecule has 0 spiro atoms. The molecule has 1 aliphatic rings. The third-order valence-corrected chi connectivity index (χ3v) is 3.53. The van der Waals surface area contributed by atoms with Crippen LogP contribution in [0.15, 0.2) is 12.1 Å². The Balaban J connectivity index is 2.17. The molecule has 1 aromatic carbocycles. The van der Waals surface area contributed by atoms with E-state index in [-0.39, 0.29) is 11.1 Å². The van der Waals surface area contributed by atoms with Gasteiger partial charge in [-0.05, 0) is 37.5 Å². The zero-order chi connectivity index (χ0) is 14.8. The average Bonchev–Trinajstić information content (AvgIpc) is 3.11. The van der Waals surface area contributed by atoms with Crippen molar-refractivity contribution in [2.75, 3.05) is 17.2 Å². The predicted octanol–water partition coefficient (Wildman–Crippen LogP) is 3.33. The van der Waals surface area contributed by atoms with Crippen LogP contribution < -0.4 is 10.6 Å². The van der Waals surface area contributed by atoms with E-state index in [0.717, 1.165) is 12.8 Å². The lowest BCUT2D eigenvalue weighted by Gasteiger charge is -2.17. The number of rotatable bonds is 5. The summed E-state index contributed by atoms with van der Waals surface area (Å²) in [6.07, 6.45) is 1.07. The van der Waals surface area contributed by atoms with Gasteiger partial charge in [-0.3, -0.25) is 5.32 Å². The van der Waals surface area contributed by atoms with Crippen molar-refractivity contribution in [1.82, 2.24) is 0 Å². The Hall–Kier alpha value is -2.29. The fourth-order valence-corrected chi connectivity index (χ4v) is 2.16. The van der Waals surface area contributed by atoms with Gasteiger partial charge in [0.05, 0.1) is 11.8 Å². The molecule has 0 atom stereocenters. The number of hydrogen-bond acceptors (Lipinski definition) is 3. The second kappa shape index (κ2) is 5.37. The third-order valence-electron chi connectivity index (χ3n) is 3.53. The summed E-state index contributed by atoms with van der Waals surface area (Å²) in [4.78, 5) is 10.7. The molecule has 0 unspecified atom stereocenters. The molecule has 2 rings (SSSR count). The van der Waals surface area contributed by atoms with Gasteiger partial charge in [-0.15, -0.1) is 0 Å². The molecule has 3 N–H and O–H groups in total. The topological polar surface area (TPSA) is 85.2 Å². The first kappa shape index (κ1) is 14.1. The zero-order valence-electron chi connectivity index (χ0n) is 11.2. The van der Waals surface area contributed by atoms with Gasteiger partial charge in [0.1, 0.15) is 11.5 Å². The van der Waals surface area contributed by atoms with Crippen molar-refractivity contribution < 1.29 is 14.3 Å². The Labute approximate surface area is 116 Å². The highest BCUT2D eigenvalue weighted by atomic mass is 19.1. The minimum absolute atomic E-state index is 0.0462. The Morgan fingerprint density at radius 3 is 2.80 bits per heavy atom. The van der Waals surface area contributed by atoms with Gasteiger partial charge in [0.25, 0.3) is 0 Å². The molecule has 0 aromatic heterocycles. The SMILES string of the molecule is Cc1cc(F)c(NC(=O)O)c(NCC2(CC#N)CC2)c1. The van der Waals surface area contributed by atoms with Gasteiger partial charge in [0.15, 0.2) is 0 Å². The molecular formula is C14H16FN3O2. The average molecular weight is 277 g/mol. The van der Waals surface area contributed by atoms with Crippen LogP contribution in [0.4, 0.5) is 20.6 Å². The highest BCUT2D eigenvalue weighted by Crippen LogP contribution is 2.48. The van der Waals surface area contributed by atoms with Crippen molar-refractivity contribution in [1.29, 1.82) is 5.26 Å². The molecule has 5 nitrogen and oxygen atoms in total. The van der Waals surface area contributed by atoms with Crippen LogP contribution in [-0.4, -0.2) is 17.7 Å². The normalized spacial score (nSPS) is 15.2. The minimum Gasteiger partial charge on any atom is -0.465 e. The molecule has 1 fully saturated rings. The number of amides is 1. The monoisotopic (exact) mass is 277 g/mol. The standard InChI is InChI=1S/C14H16FN3O2/c1-9-6-10(15)12(18-13(19)20)11(7-9)17-8-14(2-3-14)4-5-16/h6-7,17-18H,2-4,8H2,1H3,(H,19,20). The molecule has 6 heteroatoms. The van der Waals surface area contributed by atoms with Crippen molar-refractivity contribution in [2.24, 2.45) is 5.41 Å². The first-order valence-electron chi connectivity index (χ1n) is 6.37. The lowest BCUT2D eigenvalue weighted by molar-refractivity contribution is 0.209. The summed E-state index contributed by atoms with van der Waals surface area (Å²) < 4.78 is 13.8. The third kappa shape index (κ3) is 3.18. The molecule has 0 aliphatic heterocycles. The fraction of sp³-hybridized carbons (Fsp3) is 0.429. The summed E-state index contributed by atoms with van der Waals surface area (Å²) in [5.74, 6) is -0.611. The Morgan fingerprint density at radius 1 is 1.55 bits per heavy atom. The van der Waals surface area contributed by atoms with Crippen molar-refractivity contribution in [3.8, 4) is 6.07 Å². The van der Waals surface area contributed by atoms with Gasteiger partial charge < -0.3 is 10.4 Å². The summed E-state index contributed by atoms with van der Waals surface area (Å²) in [6.45, 7) is 2.28. The molecule has 1 saturated carbocycles. The summed E-state index contributed by atoms with van der Waals surface area (Å²) in [5, 5.41) is 22.7. The molecule has 0 bridgehead atoms. The lowest BCUT2D eigenvalue weighted by atomic mass is 10.0. The number of nitriles is 1. The number of benzene rings is 1. The summed E-state index contributed by atoms with van der Waals surface area (Å²) in [5.41, 5.74) is 0.992. The molecule has 1 amide bonds. The quantitative estimate of drug-likeness (QED) is 0.770. The van der Waals surface area contributed by atoms with Crippen LogP contribution in [0, 0.1) is 29.5 Å². The lowest BCUT2D eigenvalue weighted by Crippen LogP contribution is -2.18. The molecule has 0 radical (unpaired) electrons. The van der Waals surface area contributed by atoms with E-state index in [4.69, 9.17) is 10.4 Å². The van der Waals surface area contributed by atoms with E-state index in [0.29, 0.717) is 24.2 Å². The van der Waals surface area contributed by atoms with Crippen LogP contribution in [0.5, 0.6) is 0 Å². The first-order valence-corrected chi connectivity index (χ1v) is 6.37. The van der Waals surface area contributed by atoms with Crippen LogP contribution >= 0.6 is 0 Å². The summed E-state index contributed by atoms with van der Waals surface area (Å²) >= 11 is 0. The van der Waals surface area contributed by atoms with Gasteiger partial charge in [-0.2, -0.15) is 5.26 Å². The van der Waals surface area contributed by atoms with E-state index in [1.807, 2.05) is 0 Å². The van der Waals surface area contributed by atoms with Crippen LogP contribution in [0.2, 0.25) is 0 Å². The summed E-state index contributed by atoms with van der Waals surface area (Å²) in [7, 11) is 0. The van der Waals surface area contributed by atoms with E-state index in [9.17, 15) is 9.18 Å². The van der Waals surface area contributed by atoms with Crippen molar-refractivity contribution in [3.63, 3.8) is 0 Å². The van der Waals surface area contributed by atoms with Crippen molar-refractivity contribution in [3.05, 3.63) is 23.5 Å². The largest absolute Gasteiger partial charge is 0.465 e. The number of nitrogens with one attached hydrogen (secondary N) is 2. The van der Waals surface area contributed by atoms with E-state index in [1.54, 1.807) is 13.0 Å². The fourth-order valence-electron chi connectivity index (χ4n) is 2.16. The molecule has 20 heavy (non-hydrogen) atoms. The number of aryl methyl sites for hydroxylation is 1. The van der Waals surface area contributed by atoms with E-state index in [1.165, 1.54) is 6.07 Å². The van der Waals surface area contributed by atoms with Crippen molar-refractivity contribution in [2.45, 2.75) is 26.2 Å². The maximum Gasteiger partial charge on any atom is 0.409 e. The van der Waals surface area contributed by atoms with Crippen LogP contribution in [-0.2, 0) is 0 Å². The number of carboxylic acid groups (broad SMARTS) is 1. The Morgan fingerprint density at radius 2 is 2.25 bits per heavy atom. The second-order valence-corrected chi connectivity index (χ2v) is 5.29. The molecular weight excluding hydrogens is 261 g/mol. The number of hydrogen-bond donors (Lipinski definition) is 3. The maximum atomic E-state index is 13.8. The van der Waals surface area contributed by atoms with Crippen LogP contribution in [0.3, 0.4) is 0 Å². The van der Waals surface area contributed by atoms with Gasteiger partial charge in [-0.25, -0.2) is 9.18 Å². The van der Waals surface area contributed by atoms with Gasteiger partial charge in [0.2, 0.25) is 0 Å². The first-order chi connectivity index (χ1) is 9.46. The maximum absolute atomic E-state index is 13.8. The molecule has 1 aromatic rings. The van der Waals surface area contributed by atoms with Crippen molar-refractivity contribution >= 4 is 17.5 Å². The minimum atomic E-state index is -1.31. The Kier molecular flexibility index (Phi) is 3.79. The highest BCUT2D eigenvalue weighted by Gasteiger charge is 2.42. The number of carbonyl (C=O) groups is 1. The Bertz CT molecular complexity index is 577. The van der Waals surface area contributed by atoms with E-state index >= 15 is 0 Å².